The predicted octanol–water partition coefficient (Wildman–Crippen LogP) is 5.24. The van der Waals surface area contributed by atoms with E-state index >= 15 is 0 Å². The van der Waals surface area contributed by atoms with E-state index in [1.807, 2.05) is 12.1 Å². The smallest absolute Gasteiger partial charge is 0.226 e. The first-order valence-electron chi connectivity index (χ1n) is 13.5. The number of anilines is 1. The van der Waals surface area contributed by atoms with E-state index in [9.17, 15) is 4.79 Å². The van der Waals surface area contributed by atoms with Gasteiger partial charge < -0.3 is 15.0 Å². The maximum absolute atomic E-state index is 13.4. The summed E-state index contributed by atoms with van der Waals surface area (Å²) in [7, 11) is 1.75. The van der Waals surface area contributed by atoms with E-state index in [0.29, 0.717) is 5.91 Å². The van der Waals surface area contributed by atoms with Crippen molar-refractivity contribution in [1.82, 2.24) is 10.2 Å². The summed E-state index contributed by atoms with van der Waals surface area (Å²) in [6.45, 7) is 7.26. The van der Waals surface area contributed by atoms with E-state index < -0.39 is 0 Å². The first-order chi connectivity index (χ1) is 16.1. The Balaban J connectivity index is 1.36. The SMILES string of the molecule is COc1ccccc1N1CCN(C[C@@H](CC2CCCCC2)NC(=O)C2(C)CCCCC2)CC1. The summed E-state index contributed by atoms with van der Waals surface area (Å²) < 4.78 is 5.58. The lowest BCUT2D eigenvalue weighted by Crippen LogP contribution is -2.54. The fourth-order valence-electron chi connectivity index (χ4n) is 6.30. The zero-order chi connectivity index (χ0) is 23.1. The van der Waals surface area contributed by atoms with Gasteiger partial charge in [0.15, 0.2) is 0 Å². The first kappa shape index (κ1) is 24.4. The monoisotopic (exact) mass is 455 g/mol. The van der Waals surface area contributed by atoms with Gasteiger partial charge in [0.25, 0.3) is 0 Å². The molecule has 1 heterocycles. The number of para-hydroxylation sites is 2. The number of methoxy groups -OCH3 is 1. The van der Waals surface area contributed by atoms with Gasteiger partial charge in [-0.15, -0.1) is 0 Å². The molecular weight excluding hydrogens is 410 g/mol. The van der Waals surface area contributed by atoms with Crippen LogP contribution in [0.4, 0.5) is 5.69 Å². The third-order valence-corrected chi connectivity index (χ3v) is 8.46. The van der Waals surface area contributed by atoms with Crippen LogP contribution >= 0.6 is 0 Å². The number of nitrogens with zero attached hydrogens (tertiary/aromatic N) is 2. The number of rotatable bonds is 8. The molecule has 1 amide bonds. The number of amides is 1. The fraction of sp³-hybridized carbons (Fsp3) is 0.750. The largest absolute Gasteiger partial charge is 0.495 e. The molecule has 4 rings (SSSR count). The summed E-state index contributed by atoms with van der Waals surface area (Å²) in [5.41, 5.74) is 1.03. The minimum atomic E-state index is -0.161. The number of piperazine rings is 1. The average Bonchev–Trinajstić information content (AvgIpc) is 2.85. The second-order valence-electron chi connectivity index (χ2n) is 11.0. The van der Waals surface area contributed by atoms with E-state index in [-0.39, 0.29) is 11.5 Å². The molecule has 184 valence electrons. The summed E-state index contributed by atoms with van der Waals surface area (Å²) >= 11 is 0. The zero-order valence-electron chi connectivity index (χ0n) is 21.0. The molecule has 0 aromatic heterocycles. The number of ether oxygens (including phenoxy) is 1. The molecule has 2 saturated carbocycles. The van der Waals surface area contributed by atoms with Gasteiger partial charge in [-0.2, -0.15) is 0 Å². The molecular formula is C28H45N3O2. The van der Waals surface area contributed by atoms with Gasteiger partial charge in [0, 0.05) is 44.2 Å². The Bertz CT molecular complexity index is 747. The first-order valence-corrected chi connectivity index (χ1v) is 13.5. The Morgan fingerprint density at radius 2 is 1.70 bits per heavy atom. The molecule has 0 radical (unpaired) electrons. The number of carbonyl (C=O) groups excluding carboxylic acids is 1. The van der Waals surface area contributed by atoms with Crippen molar-refractivity contribution in [3.05, 3.63) is 24.3 Å². The van der Waals surface area contributed by atoms with Crippen molar-refractivity contribution in [2.24, 2.45) is 11.3 Å². The predicted molar refractivity (Wildman–Crippen MR) is 136 cm³/mol. The molecule has 2 aliphatic carbocycles. The minimum absolute atomic E-state index is 0.161. The lowest BCUT2D eigenvalue weighted by atomic mass is 9.74. The van der Waals surface area contributed by atoms with E-state index in [1.54, 1.807) is 7.11 Å². The second kappa shape index (κ2) is 11.6. The van der Waals surface area contributed by atoms with Crippen molar-refractivity contribution < 1.29 is 9.53 Å². The lowest BCUT2D eigenvalue weighted by Gasteiger charge is -2.40. The fourth-order valence-corrected chi connectivity index (χ4v) is 6.30. The van der Waals surface area contributed by atoms with Gasteiger partial charge in [-0.25, -0.2) is 0 Å². The zero-order valence-corrected chi connectivity index (χ0v) is 21.0. The van der Waals surface area contributed by atoms with Crippen molar-refractivity contribution in [1.29, 1.82) is 0 Å². The number of carbonyl (C=O) groups is 1. The van der Waals surface area contributed by atoms with Gasteiger partial charge >= 0.3 is 0 Å². The Morgan fingerprint density at radius 1 is 1.03 bits per heavy atom. The minimum Gasteiger partial charge on any atom is -0.495 e. The lowest BCUT2D eigenvalue weighted by molar-refractivity contribution is -0.133. The van der Waals surface area contributed by atoms with Crippen LogP contribution in [0.2, 0.25) is 0 Å². The highest BCUT2D eigenvalue weighted by Gasteiger charge is 2.36. The van der Waals surface area contributed by atoms with Crippen molar-refractivity contribution in [3.63, 3.8) is 0 Å². The van der Waals surface area contributed by atoms with Crippen LogP contribution in [0.1, 0.15) is 77.6 Å². The van der Waals surface area contributed by atoms with Crippen LogP contribution in [0, 0.1) is 11.3 Å². The Labute approximate surface area is 201 Å². The molecule has 33 heavy (non-hydrogen) atoms. The average molecular weight is 456 g/mol. The second-order valence-corrected chi connectivity index (χ2v) is 11.0. The van der Waals surface area contributed by atoms with Crippen LogP contribution in [-0.2, 0) is 4.79 Å². The van der Waals surface area contributed by atoms with Gasteiger partial charge in [0.05, 0.1) is 12.8 Å². The maximum atomic E-state index is 13.4. The van der Waals surface area contributed by atoms with Gasteiger partial charge in [-0.3, -0.25) is 9.69 Å². The van der Waals surface area contributed by atoms with Crippen LogP contribution in [0.5, 0.6) is 5.75 Å². The Kier molecular flexibility index (Phi) is 8.56. The molecule has 1 aliphatic heterocycles. The molecule has 1 saturated heterocycles. The molecule has 0 unspecified atom stereocenters. The van der Waals surface area contributed by atoms with E-state index in [2.05, 4.69) is 34.2 Å². The molecule has 0 spiro atoms. The highest BCUT2D eigenvalue weighted by Crippen LogP contribution is 2.36. The number of hydrogen-bond acceptors (Lipinski definition) is 4. The standard InChI is InChI=1S/C28H45N3O2/c1-28(15-9-4-10-16-28)27(32)29-24(21-23-11-5-3-6-12-23)22-30-17-19-31(20-18-30)25-13-7-8-14-26(25)33-2/h7-8,13-14,23-24H,3-6,9-12,15-22H2,1-2H3,(H,29,32)/t24-/m1/s1. The molecule has 5 heteroatoms. The molecule has 0 bridgehead atoms. The normalized spacial score (nSPS) is 23.2. The Hall–Kier alpha value is -1.75. The van der Waals surface area contributed by atoms with Crippen molar-refractivity contribution in [3.8, 4) is 5.75 Å². The topological polar surface area (TPSA) is 44.8 Å². The molecule has 1 N–H and O–H groups in total. The summed E-state index contributed by atoms with van der Waals surface area (Å²) in [4.78, 5) is 18.4. The van der Waals surface area contributed by atoms with Crippen molar-refractivity contribution in [2.75, 3.05) is 44.7 Å². The van der Waals surface area contributed by atoms with E-state index in [4.69, 9.17) is 4.74 Å². The number of hydrogen-bond donors (Lipinski definition) is 1. The van der Waals surface area contributed by atoms with Crippen molar-refractivity contribution in [2.45, 2.75) is 83.6 Å². The van der Waals surface area contributed by atoms with Gasteiger partial charge in [-0.1, -0.05) is 70.4 Å². The summed E-state index contributed by atoms with van der Waals surface area (Å²) in [5, 5.41) is 3.57. The summed E-state index contributed by atoms with van der Waals surface area (Å²) in [6, 6.07) is 8.60. The highest BCUT2D eigenvalue weighted by molar-refractivity contribution is 5.82. The molecule has 3 aliphatic rings. The van der Waals surface area contributed by atoms with Crippen LogP contribution in [-0.4, -0.2) is 56.7 Å². The molecule has 3 fully saturated rings. The van der Waals surface area contributed by atoms with Crippen LogP contribution in [0.15, 0.2) is 24.3 Å². The van der Waals surface area contributed by atoms with E-state index in [1.165, 1.54) is 57.1 Å². The van der Waals surface area contributed by atoms with E-state index in [0.717, 1.165) is 63.7 Å². The third kappa shape index (κ3) is 6.44. The van der Waals surface area contributed by atoms with Gasteiger partial charge in [0.2, 0.25) is 5.91 Å². The number of benzene rings is 1. The molecule has 5 nitrogen and oxygen atoms in total. The molecule has 1 aromatic carbocycles. The number of nitrogens with one attached hydrogen (secondary N) is 1. The summed E-state index contributed by atoms with van der Waals surface area (Å²) in [5.74, 6) is 2.04. The van der Waals surface area contributed by atoms with Crippen LogP contribution < -0.4 is 15.0 Å². The van der Waals surface area contributed by atoms with Crippen molar-refractivity contribution >= 4 is 11.6 Å². The van der Waals surface area contributed by atoms with Gasteiger partial charge in [-0.05, 0) is 37.3 Å². The van der Waals surface area contributed by atoms with Crippen LogP contribution in [0.3, 0.4) is 0 Å². The summed E-state index contributed by atoms with van der Waals surface area (Å²) in [6.07, 6.45) is 13.7. The quantitative estimate of drug-likeness (QED) is 0.582. The maximum Gasteiger partial charge on any atom is 0.226 e. The molecule has 1 atom stereocenters. The van der Waals surface area contributed by atoms with Crippen LogP contribution in [0.25, 0.3) is 0 Å². The molecule has 1 aromatic rings. The third-order valence-electron chi connectivity index (χ3n) is 8.46. The Morgan fingerprint density at radius 3 is 2.39 bits per heavy atom. The highest BCUT2D eigenvalue weighted by atomic mass is 16.5. The van der Waals surface area contributed by atoms with Gasteiger partial charge in [0.1, 0.15) is 5.75 Å².